The Morgan fingerprint density at radius 3 is 2.74 bits per heavy atom. The van der Waals surface area contributed by atoms with Crippen LogP contribution in [0.1, 0.15) is 5.89 Å². The molecular formula is C14H9F3N2O4. The first kappa shape index (κ1) is 14.1. The van der Waals surface area contributed by atoms with E-state index in [4.69, 9.17) is 13.9 Å². The standard InChI is InChI=1S/C14H9F3N2O4/c15-14(16,17)13-19-18-12(23-13)10-4-7-2-1-3-9(11(7)22-10)21-6-8-5-20-8/h1-4,8H,5-6H2. The number of alkyl halides is 3. The zero-order chi connectivity index (χ0) is 16.0. The average molecular weight is 326 g/mol. The summed E-state index contributed by atoms with van der Waals surface area (Å²) in [4.78, 5) is 0. The number of fused-ring (bicyclic) bond motifs is 1. The summed E-state index contributed by atoms with van der Waals surface area (Å²) in [6.45, 7) is 1.04. The number of nitrogens with zero attached hydrogens (tertiary/aromatic N) is 2. The molecule has 1 aliphatic rings. The average Bonchev–Trinajstić information content (AvgIpc) is 3.01. The smallest absolute Gasteiger partial charge is 0.470 e. The summed E-state index contributed by atoms with van der Waals surface area (Å²) in [5.41, 5.74) is 0.398. The third-order valence-corrected chi connectivity index (χ3v) is 3.21. The van der Waals surface area contributed by atoms with Gasteiger partial charge in [0.2, 0.25) is 0 Å². The van der Waals surface area contributed by atoms with Crippen molar-refractivity contribution in [1.82, 2.24) is 10.2 Å². The molecular weight excluding hydrogens is 317 g/mol. The lowest BCUT2D eigenvalue weighted by Gasteiger charge is -2.03. The summed E-state index contributed by atoms with van der Waals surface area (Å²) >= 11 is 0. The number of aromatic nitrogens is 2. The molecule has 4 rings (SSSR count). The van der Waals surface area contributed by atoms with Crippen molar-refractivity contribution in [3.63, 3.8) is 0 Å². The van der Waals surface area contributed by atoms with Crippen LogP contribution in [-0.2, 0) is 10.9 Å². The Kier molecular flexibility index (Phi) is 3.05. The molecule has 120 valence electrons. The Hall–Kier alpha value is -2.55. The fourth-order valence-electron chi connectivity index (χ4n) is 2.04. The fourth-order valence-corrected chi connectivity index (χ4v) is 2.04. The van der Waals surface area contributed by atoms with Crippen molar-refractivity contribution in [2.75, 3.05) is 13.2 Å². The first-order valence-electron chi connectivity index (χ1n) is 6.69. The molecule has 1 aliphatic heterocycles. The normalized spacial score (nSPS) is 17.6. The first-order chi connectivity index (χ1) is 11.0. The highest BCUT2D eigenvalue weighted by atomic mass is 19.4. The summed E-state index contributed by atoms with van der Waals surface area (Å²) in [6, 6.07) is 6.71. The maximum Gasteiger partial charge on any atom is 0.470 e. The van der Waals surface area contributed by atoms with Crippen molar-refractivity contribution >= 4 is 11.0 Å². The summed E-state index contributed by atoms with van der Waals surface area (Å²) in [7, 11) is 0. The molecule has 6 nitrogen and oxygen atoms in total. The summed E-state index contributed by atoms with van der Waals surface area (Å²) < 4.78 is 58.3. The molecule has 0 radical (unpaired) electrons. The van der Waals surface area contributed by atoms with Gasteiger partial charge in [0, 0.05) is 5.39 Å². The first-order valence-corrected chi connectivity index (χ1v) is 6.69. The van der Waals surface area contributed by atoms with Gasteiger partial charge in [0.1, 0.15) is 12.7 Å². The molecule has 23 heavy (non-hydrogen) atoms. The molecule has 3 heterocycles. The predicted molar refractivity (Wildman–Crippen MR) is 69.7 cm³/mol. The van der Waals surface area contributed by atoms with E-state index in [0.29, 0.717) is 29.9 Å². The van der Waals surface area contributed by atoms with E-state index in [9.17, 15) is 13.2 Å². The maximum absolute atomic E-state index is 12.5. The number of rotatable bonds is 4. The highest BCUT2D eigenvalue weighted by molar-refractivity contribution is 5.86. The largest absolute Gasteiger partial charge is 0.487 e. The third kappa shape index (κ3) is 2.74. The minimum atomic E-state index is -4.70. The van der Waals surface area contributed by atoms with Gasteiger partial charge in [-0.25, -0.2) is 0 Å². The van der Waals surface area contributed by atoms with Gasteiger partial charge in [0.05, 0.1) is 6.61 Å². The topological polar surface area (TPSA) is 73.8 Å². The molecule has 9 heteroatoms. The molecule has 1 unspecified atom stereocenters. The van der Waals surface area contributed by atoms with Crippen LogP contribution in [0.5, 0.6) is 5.75 Å². The van der Waals surface area contributed by atoms with Gasteiger partial charge in [-0.15, -0.1) is 10.2 Å². The molecule has 0 amide bonds. The van der Waals surface area contributed by atoms with E-state index in [2.05, 4.69) is 14.6 Å². The van der Waals surface area contributed by atoms with E-state index in [1.165, 1.54) is 6.07 Å². The second kappa shape index (κ2) is 4.98. The van der Waals surface area contributed by atoms with Crippen LogP contribution in [0.15, 0.2) is 33.1 Å². The molecule has 0 spiro atoms. The fraction of sp³-hybridized carbons (Fsp3) is 0.286. The second-order valence-electron chi connectivity index (χ2n) is 4.96. The van der Waals surface area contributed by atoms with Crippen LogP contribution in [0.3, 0.4) is 0 Å². The summed E-state index contributed by atoms with van der Waals surface area (Å²) in [5.74, 6) is -1.25. The summed E-state index contributed by atoms with van der Waals surface area (Å²) in [6.07, 6.45) is -4.62. The van der Waals surface area contributed by atoms with Crippen molar-refractivity contribution in [3.05, 3.63) is 30.2 Å². The SMILES string of the molecule is FC(F)(F)c1nnc(-c2cc3cccc(OCC4CO4)c3o2)o1. The van der Waals surface area contributed by atoms with Crippen molar-refractivity contribution in [3.8, 4) is 17.4 Å². The number of ether oxygens (including phenoxy) is 2. The Bertz CT molecular complexity index is 851. The lowest BCUT2D eigenvalue weighted by atomic mass is 10.2. The van der Waals surface area contributed by atoms with E-state index in [0.717, 1.165) is 0 Å². The molecule has 0 aliphatic carbocycles. The zero-order valence-corrected chi connectivity index (χ0v) is 11.5. The lowest BCUT2D eigenvalue weighted by Crippen LogP contribution is -2.04. The molecule has 0 bridgehead atoms. The number of halogens is 3. The monoisotopic (exact) mass is 326 g/mol. The van der Waals surface area contributed by atoms with Crippen molar-refractivity contribution < 1.29 is 31.5 Å². The molecule has 0 N–H and O–H groups in total. The Labute approximate surface area is 126 Å². The van der Waals surface area contributed by atoms with Crippen LogP contribution in [0, 0.1) is 0 Å². The van der Waals surface area contributed by atoms with E-state index >= 15 is 0 Å². The number of para-hydroxylation sites is 1. The van der Waals surface area contributed by atoms with E-state index in [1.54, 1.807) is 18.2 Å². The number of epoxide rings is 1. The van der Waals surface area contributed by atoms with Gasteiger partial charge in [-0.05, 0) is 12.1 Å². The van der Waals surface area contributed by atoms with Crippen LogP contribution < -0.4 is 4.74 Å². The van der Waals surface area contributed by atoms with Crippen LogP contribution in [0.25, 0.3) is 22.6 Å². The quantitative estimate of drug-likeness (QED) is 0.685. The van der Waals surface area contributed by atoms with Gasteiger partial charge in [0.15, 0.2) is 17.1 Å². The van der Waals surface area contributed by atoms with Crippen LogP contribution in [-0.4, -0.2) is 29.5 Å². The van der Waals surface area contributed by atoms with Crippen LogP contribution in [0.4, 0.5) is 13.2 Å². The van der Waals surface area contributed by atoms with Crippen LogP contribution >= 0.6 is 0 Å². The number of furan rings is 1. The van der Waals surface area contributed by atoms with Gasteiger partial charge < -0.3 is 18.3 Å². The lowest BCUT2D eigenvalue weighted by molar-refractivity contribution is -0.157. The van der Waals surface area contributed by atoms with Crippen molar-refractivity contribution in [2.24, 2.45) is 0 Å². The molecule has 1 aromatic carbocycles. The second-order valence-corrected chi connectivity index (χ2v) is 4.96. The number of hydrogen-bond donors (Lipinski definition) is 0. The van der Waals surface area contributed by atoms with Crippen molar-refractivity contribution in [2.45, 2.75) is 12.3 Å². The van der Waals surface area contributed by atoms with Gasteiger partial charge >= 0.3 is 12.1 Å². The maximum atomic E-state index is 12.5. The van der Waals surface area contributed by atoms with E-state index in [-0.39, 0.29) is 17.8 Å². The van der Waals surface area contributed by atoms with Gasteiger partial charge in [0.25, 0.3) is 5.89 Å². The molecule has 1 fully saturated rings. The zero-order valence-electron chi connectivity index (χ0n) is 11.5. The highest BCUT2D eigenvalue weighted by Gasteiger charge is 2.38. The summed E-state index contributed by atoms with van der Waals surface area (Å²) in [5, 5.41) is 7.00. The van der Waals surface area contributed by atoms with Crippen molar-refractivity contribution in [1.29, 1.82) is 0 Å². The number of benzene rings is 1. The Morgan fingerprint density at radius 1 is 1.22 bits per heavy atom. The Morgan fingerprint density at radius 2 is 2.04 bits per heavy atom. The van der Waals surface area contributed by atoms with Gasteiger partial charge in [-0.1, -0.05) is 12.1 Å². The Balaban J connectivity index is 1.68. The third-order valence-electron chi connectivity index (χ3n) is 3.21. The number of hydrogen-bond acceptors (Lipinski definition) is 6. The molecule has 1 atom stereocenters. The highest BCUT2D eigenvalue weighted by Crippen LogP contribution is 2.35. The van der Waals surface area contributed by atoms with Gasteiger partial charge in [-0.2, -0.15) is 13.2 Å². The van der Waals surface area contributed by atoms with Gasteiger partial charge in [-0.3, -0.25) is 0 Å². The van der Waals surface area contributed by atoms with E-state index < -0.39 is 12.1 Å². The molecule has 0 saturated carbocycles. The van der Waals surface area contributed by atoms with E-state index in [1.807, 2.05) is 0 Å². The minimum absolute atomic E-state index is 0.0433. The van der Waals surface area contributed by atoms with Crippen LogP contribution in [0.2, 0.25) is 0 Å². The molecule has 1 saturated heterocycles. The minimum Gasteiger partial charge on any atom is -0.487 e. The molecule has 2 aromatic heterocycles. The molecule has 3 aromatic rings. The predicted octanol–water partition coefficient (Wildman–Crippen LogP) is 3.28.